The summed E-state index contributed by atoms with van der Waals surface area (Å²) in [4.78, 5) is 0. The molecule has 0 aromatic carbocycles. The van der Waals surface area contributed by atoms with Crippen LogP contribution in [0.5, 0.6) is 0 Å². The molecule has 17 heavy (non-hydrogen) atoms. The molecule has 0 bridgehead atoms. The van der Waals surface area contributed by atoms with Gasteiger partial charge in [0.2, 0.25) is 0 Å². The van der Waals surface area contributed by atoms with Crippen molar-refractivity contribution in [3.63, 3.8) is 0 Å². The van der Waals surface area contributed by atoms with Crippen molar-refractivity contribution < 1.29 is 0 Å². The minimum Gasteiger partial charge on any atom is -0.313 e. The Hall–Kier alpha value is -0.820. The van der Waals surface area contributed by atoms with Crippen LogP contribution >= 0.6 is 0 Å². The number of hydrogen-bond acceptors (Lipinski definition) is 1. The molecule has 1 heteroatoms. The smallest absolute Gasteiger partial charge is 0.0138 e. The zero-order valence-electron chi connectivity index (χ0n) is 11.2. The van der Waals surface area contributed by atoms with Gasteiger partial charge in [0.25, 0.3) is 0 Å². The second-order valence-corrected chi connectivity index (χ2v) is 5.56. The van der Waals surface area contributed by atoms with Gasteiger partial charge >= 0.3 is 0 Å². The first kappa shape index (κ1) is 12.6. The quantitative estimate of drug-likeness (QED) is 0.778. The van der Waals surface area contributed by atoms with Crippen LogP contribution in [-0.2, 0) is 0 Å². The summed E-state index contributed by atoms with van der Waals surface area (Å²) in [5.41, 5.74) is 1.51. The molecule has 94 valence electrons. The van der Waals surface area contributed by atoms with Gasteiger partial charge in [-0.3, -0.25) is 0 Å². The lowest BCUT2D eigenvalue weighted by Gasteiger charge is -2.35. The summed E-state index contributed by atoms with van der Waals surface area (Å²) < 4.78 is 0. The van der Waals surface area contributed by atoms with E-state index in [1.54, 1.807) is 0 Å². The van der Waals surface area contributed by atoms with Gasteiger partial charge in [0, 0.05) is 12.0 Å². The van der Waals surface area contributed by atoms with Crippen molar-refractivity contribution in [2.45, 2.75) is 45.6 Å². The minimum atomic E-state index is 0.661. The van der Waals surface area contributed by atoms with Crippen molar-refractivity contribution in [3.05, 3.63) is 36.0 Å². The second-order valence-electron chi connectivity index (χ2n) is 5.56. The minimum absolute atomic E-state index is 0.661. The maximum atomic E-state index is 3.72. The Labute approximate surface area is 106 Å². The number of piperidine rings is 1. The summed E-state index contributed by atoms with van der Waals surface area (Å²) in [6.07, 6.45) is 16.5. The molecule has 1 fully saturated rings. The van der Waals surface area contributed by atoms with E-state index >= 15 is 0 Å². The van der Waals surface area contributed by atoms with Crippen LogP contribution in [-0.4, -0.2) is 12.6 Å². The van der Waals surface area contributed by atoms with Crippen molar-refractivity contribution in [3.8, 4) is 0 Å². The Bertz CT molecular complexity index is 316. The van der Waals surface area contributed by atoms with Crippen LogP contribution in [0.2, 0.25) is 0 Å². The third-order valence-corrected chi connectivity index (χ3v) is 3.89. The molecule has 1 nitrogen and oxygen atoms in total. The van der Waals surface area contributed by atoms with Crippen LogP contribution in [0.4, 0.5) is 0 Å². The van der Waals surface area contributed by atoms with Crippen molar-refractivity contribution in [1.82, 2.24) is 5.32 Å². The lowest BCUT2D eigenvalue weighted by molar-refractivity contribution is 0.274. The molecule has 0 aromatic rings. The lowest BCUT2D eigenvalue weighted by Crippen LogP contribution is -2.42. The van der Waals surface area contributed by atoms with Gasteiger partial charge in [-0.2, -0.15) is 0 Å². The lowest BCUT2D eigenvalue weighted by atomic mass is 9.78. The van der Waals surface area contributed by atoms with Gasteiger partial charge in [0.15, 0.2) is 0 Å². The maximum Gasteiger partial charge on any atom is 0.0138 e. The maximum absolute atomic E-state index is 3.72. The van der Waals surface area contributed by atoms with Crippen molar-refractivity contribution in [2.24, 2.45) is 11.8 Å². The molecule has 1 unspecified atom stereocenters. The summed E-state index contributed by atoms with van der Waals surface area (Å²) in [6.45, 7) is 5.90. The zero-order chi connectivity index (χ0) is 12.1. The fraction of sp³-hybridized carbons (Fsp3) is 0.625. The van der Waals surface area contributed by atoms with Crippen molar-refractivity contribution >= 4 is 0 Å². The molecule has 1 aliphatic heterocycles. The molecule has 1 aliphatic carbocycles. The predicted molar refractivity (Wildman–Crippen MR) is 74.9 cm³/mol. The van der Waals surface area contributed by atoms with Gasteiger partial charge in [0.1, 0.15) is 0 Å². The molecule has 1 N–H and O–H groups in total. The van der Waals surface area contributed by atoms with Gasteiger partial charge < -0.3 is 5.32 Å². The molecule has 0 spiro atoms. The van der Waals surface area contributed by atoms with Gasteiger partial charge in [-0.1, -0.05) is 50.6 Å². The van der Waals surface area contributed by atoms with E-state index in [1.807, 2.05) is 0 Å². The fourth-order valence-corrected chi connectivity index (χ4v) is 3.09. The topological polar surface area (TPSA) is 12.0 Å². The second kappa shape index (κ2) is 6.20. The Balaban J connectivity index is 2.15. The standard InChI is InChI=1S/C16H25N/c1-13(2)16(15-11-7-8-12-17-15)14-9-5-3-4-6-10-14/h3,5-6,9-10,13,15-17H,4,7-8,11-12H2,1-2H3/t15-,16?/m1/s1. The summed E-state index contributed by atoms with van der Waals surface area (Å²) in [5, 5.41) is 3.72. The van der Waals surface area contributed by atoms with Crippen LogP contribution in [0.1, 0.15) is 39.5 Å². The Morgan fingerprint density at radius 3 is 2.82 bits per heavy atom. The Morgan fingerprint density at radius 2 is 2.12 bits per heavy atom. The molecule has 0 aromatic heterocycles. The molecular formula is C16H25N. The molecule has 0 radical (unpaired) electrons. The van der Waals surface area contributed by atoms with E-state index in [1.165, 1.54) is 31.4 Å². The van der Waals surface area contributed by atoms with E-state index in [2.05, 4.69) is 49.5 Å². The molecule has 2 rings (SSSR count). The Kier molecular flexibility index (Phi) is 4.61. The van der Waals surface area contributed by atoms with Gasteiger partial charge in [-0.15, -0.1) is 0 Å². The average Bonchev–Trinajstić information content (AvgIpc) is 2.59. The Morgan fingerprint density at radius 1 is 1.24 bits per heavy atom. The van der Waals surface area contributed by atoms with Crippen molar-refractivity contribution in [1.29, 1.82) is 0 Å². The molecule has 1 heterocycles. The first-order valence-corrected chi connectivity index (χ1v) is 7.05. The van der Waals surface area contributed by atoms with Gasteiger partial charge in [-0.25, -0.2) is 0 Å². The van der Waals surface area contributed by atoms with E-state index in [4.69, 9.17) is 0 Å². The van der Waals surface area contributed by atoms with E-state index < -0.39 is 0 Å². The van der Waals surface area contributed by atoms with Gasteiger partial charge in [-0.05, 0) is 37.3 Å². The van der Waals surface area contributed by atoms with E-state index in [9.17, 15) is 0 Å². The highest BCUT2D eigenvalue weighted by Crippen LogP contribution is 2.30. The third kappa shape index (κ3) is 3.32. The highest BCUT2D eigenvalue weighted by Gasteiger charge is 2.27. The van der Waals surface area contributed by atoms with E-state index in [0.717, 1.165) is 6.42 Å². The fourth-order valence-electron chi connectivity index (χ4n) is 3.09. The van der Waals surface area contributed by atoms with Crippen LogP contribution in [0.25, 0.3) is 0 Å². The molecule has 0 amide bonds. The van der Waals surface area contributed by atoms with E-state index in [-0.39, 0.29) is 0 Å². The van der Waals surface area contributed by atoms with Crippen LogP contribution in [0.3, 0.4) is 0 Å². The average molecular weight is 231 g/mol. The number of nitrogens with one attached hydrogen (secondary N) is 1. The first-order valence-electron chi connectivity index (χ1n) is 7.05. The molecular weight excluding hydrogens is 206 g/mol. The van der Waals surface area contributed by atoms with Crippen LogP contribution in [0, 0.1) is 11.8 Å². The number of hydrogen-bond donors (Lipinski definition) is 1. The normalized spacial score (nSPS) is 26.8. The molecule has 0 saturated carbocycles. The third-order valence-electron chi connectivity index (χ3n) is 3.89. The summed E-state index contributed by atoms with van der Waals surface area (Å²) in [6, 6.07) is 0.672. The monoisotopic (exact) mass is 231 g/mol. The summed E-state index contributed by atoms with van der Waals surface area (Å²) >= 11 is 0. The van der Waals surface area contributed by atoms with Crippen molar-refractivity contribution in [2.75, 3.05) is 6.54 Å². The largest absolute Gasteiger partial charge is 0.313 e. The SMILES string of the molecule is CC(C)C(C1=CC=CCC=C1)[C@H]1CCCCN1. The molecule has 1 saturated heterocycles. The first-order chi connectivity index (χ1) is 8.29. The highest BCUT2D eigenvalue weighted by atomic mass is 14.9. The summed E-state index contributed by atoms with van der Waals surface area (Å²) in [5.74, 6) is 1.36. The highest BCUT2D eigenvalue weighted by molar-refractivity contribution is 5.31. The molecule has 2 atom stereocenters. The van der Waals surface area contributed by atoms with E-state index in [0.29, 0.717) is 17.9 Å². The van der Waals surface area contributed by atoms with Gasteiger partial charge in [0.05, 0.1) is 0 Å². The number of rotatable bonds is 3. The number of allylic oxidation sites excluding steroid dienone is 5. The zero-order valence-corrected chi connectivity index (χ0v) is 11.2. The van der Waals surface area contributed by atoms with Crippen LogP contribution < -0.4 is 5.32 Å². The predicted octanol–water partition coefficient (Wildman–Crippen LogP) is 3.84. The summed E-state index contributed by atoms with van der Waals surface area (Å²) in [7, 11) is 0. The van der Waals surface area contributed by atoms with Crippen LogP contribution in [0.15, 0.2) is 36.0 Å². The molecule has 2 aliphatic rings.